The predicted molar refractivity (Wildman–Crippen MR) is 81.2 cm³/mol. The molecule has 1 amide bonds. The Balaban J connectivity index is 1.96. The van der Waals surface area contributed by atoms with Gasteiger partial charge in [-0.25, -0.2) is 0 Å². The highest BCUT2D eigenvalue weighted by Crippen LogP contribution is 2.21. The molecule has 0 unspecified atom stereocenters. The highest BCUT2D eigenvalue weighted by atomic mass is 16.2. The number of carbonyl (C=O) groups is 1. The van der Waals surface area contributed by atoms with E-state index in [-0.39, 0.29) is 11.3 Å². The van der Waals surface area contributed by atoms with E-state index in [1.807, 2.05) is 23.9 Å². The van der Waals surface area contributed by atoms with E-state index in [4.69, 9.17) is 0 Å². The molecule has 0 radical (unpaired) electrons. The van der Waals surface area contributed by atoms with Crippen molar-refractivity contribution in [3.05, 3.63) is 35.4 Å². The molecule has 0 fully saturated rings. The monoisotopic (exact) mass is 289 g/mol. The summed E-state index contributed by atoms with van der Waals surface area (Å²) in [5.74, 6) is -0.107. The Morgan fingerprint density at radius 1 is 1.38 bits per heavy atom. The minimum Gasteiger partial charge on any atom is -0.349 e. The molecule has 0 saturated heterocycles. The Morgan fingerprint density at radius 3 is 2.62 bits per heavy atom. The van der Waals surface area contributed by atoms with Crippen LogP contribution in [0, 0.1) is 6.92 Å². The molecule has 0 aromatic carbocycles. The third-order valence-corrected chi connectivity index (χ3v) is 3.27. The van der Waals surface area contributed by atoms with Crippen LogP contribution in [0.5, 0.6) is 0 Å². The number of hydrogen-bond donors (Lipinski definition) is 1. The molecule has 6 nitrogen and oxygen atoms in total. The Hall–Kier alpha value is -2.11. The SMILES string of the molecule is Cc1cnn(CCNC(=O)c2cc(C(C)(C)C)nn2C)c1. The number of aryl methyl sites for hydroxylation is 2. The Bertz CT molecular complexity index is 633. The van der Waals surface area contributed by atoms with Crippen LogP contribution in [0.25, 0.3) is 0 Å². The Kier molecular flexibility index (Phi) is 4.16. The second-order valence-electron chi connectivity index (χ2n) is 6.33. The average Bonchev–Trinajstić information content (AvgIpc) is 2.95. The zero-order valence-electron chi connectivity index (χ0n) is 13.3. The van der Waals surface area contributed by atoms with Gasteiger partial charge in [-0.2, -0.15) is 10.2 Å². The maximum atomic E-state index is 12.2. The summed E-state index contributed by atoms with van der Waals surface area (Å²) >= 11 is 0. The van der Waals surface area contributed by atoms with Crippen molar-refractivity contribution in [1.29, 1.82) is 0 Å². The smallest absolute Gasteiger partial charge is 0.269 e. The minimum atomic E-state index is -0.107. The van der Waals surface area contributed by atoms with Crippen molar-refractivity contribution >= 4 is 5.91 Å². The van der Waals surface area contributed by atoms with Crippen LogP contribution in [0.15, 0.2) is 18.5 Å². The van der Waals surface area contributed by atoms with Crippen molar-refractivity contribution in [3.63, 3.8) is 0 Å². The standard InChI is InChI=1S/C15H23N5O/c1-11-9-17-20(10-11)7-6-16-14(21)12-8-13(15(2,3)4)18-19(12)5/h8-10H,6-7H2,1-5H3,(H,16,21). The quantitative estimate of drug-likeness (QED) is 0.931. The topological polar surface area (TPSA) is 64.7 Å². The second kappa shape index (κ2) is 5.71. The maximum Gasteiger partial charge on any atom is 0.269 e. The lowest BCUT2D eigenvalue weighted by atomic mass is 9.92. The molecule has 0 saturated carbocycles. The number of rotatable bonds is 4. The molecule has 0 aliphatic rings. The fourth-order valence-corrected chi connectivity index (χ4v) is 2.01. The molecular weight excluding hydrogens is 266 g/mol. The number of nitrogens with zero attached hydrogens (tertiary/aromatic N) is 4. The molecule has 0 spiro atoms. The number of amides is 1. The fraction of sp³-hybridized carbons (Fsp3) is 0.533. The van der Waals surface area contributed by atoms with E-state index in [0.29, 0.717) is 18.8 Å². The van der Waals surface area contributed by atoms with Crippen LogP contribution in [0.1, 0.15) is 42.5 Å². The van der Waals surface area contributed by atoms with Crippen LogP contribution in [0.4, 0.5) is 0 Å². The summed E-state index contributed by atoms with van der Waals surface area (Å²) in [7, 11) is 1.79. The van der Waals surface area contributed by atoms with Crippen molar-refractivity contribution < 1.29 is 4.79 Å². The first-order valence-electron chi connectivity index (χ1n) is 7.09. The van der Waals surface area contributed by atoms with Gasteiger partial charge in [0, 0.05) is 25.2 Å². The van der Waals surface area contributed by atoms with Gasteiger partial charge in [-0.05, 0) is 18.6 Å². The molecule has 0 atom stereocenters. The van der Waals surface area contributed by atoms with E-state index in [0.717, 1.165) is 11.3 Å². The summed E-state index contributed by atoms with van der Waals surface area (Å²) in [6.45, 7) is 9.43. The van der Waals surface area contributed by atoms with E-state index in [2.05, 4.69) is 36.3 Å². The minimum absolute atomic E-state index is 0.0666. The Morgan fingerprint density at radius 2 is 2.10 bits per heavy atom. The number of nitrogens with one attached hydrogen (secondary N) is 1. The molecule has 21 heavy (non-hydrogen) atoms. The van der Waals surface area contributed by atoms with Gasteiger partial charge in [0.15, 0.2) is 0 Å². The zero-order chi connectivity index (χ0) is 15.6. The zero-order valence-corrected chi connectivity index (χ0v) is 13.3. The van der Waals surface area contributed by atoms with E-state index >= 15 is 0 Å². The molecule has 0 aliphatic carbocycles. The van der Waals surface area contributed by atoms with Crippen molar-refractivity contribution in [2.24, 2.45) is 7.05 Å². The average molecular weight is 289 g/mol. The third kappa shape index (κ3) is 3.71. The first-order chi connectivity index (χ1) is 9.77. The first-order valence-corrected chi connectivity index (χ1v) is 7.09. The number of carbonyl (C=O) groups excluding carboxylic acids is 1. The van der Waals surface area contributed by atoms with Gasteiger partial charge in [-0.15, -0.1) is 0 Å². The summed E-state index contributed by atoms with van der Waals surface area (Å²) in [4.78, 5) is 12.2. The van der Waals surface area contributed by atoms with Crippen LogP contribution in [0.3, 0.4) is 0 Å². The summed E-state index contributed by atoms with van der Waals surface area (Å²) < 4.78 is 3.45. The highest BCUT2D eigenvalue weighted by molar-refractivity contribution is 5.92. The first kappa shape index (κ1) is 15.3. The summed E-state index contributed by atoms with van der Waals surface area (Å²) in [6.07, 6.45) is 3.76. The van der Waals surface area contributed by atoms with Gasteiger partial charge in [0.25, 0.3) is 5.91 Å². The van der Waals surface area contributed by atoms with Crippen LogP contribution < -0.4 is 5.32 Å². The fourth-order valence-electron chi connectivity index (χ4n) is 2.01. The van der Waals surface area contributed by atoms with E-state index in [9.17, 15) is 4.79 Å². The normalized spacial score (nSPS) is 11.7. The van der Waals surface area contributed by atoms with Crippen LogP contribution in [0.2, 0.25) is 0 Å². The van der Waals surface area contributed by atoms with Gasteiger partial charge < -0.3 is 5.32 Å². The number of hydrogen-bond acceptors (Lipinski definition) is 3. The Labute approximate surface area is 125 Å². The van der Waals surface area contributed by atoms with Gasteiger partial charge in [0.1, 0.15) is 5.69 Å². The largest absolute Gasteiger partial charge is 0.349 e. The van der Waals surface area contributed by atoms with E-state index < -0.39 is 0 Å². The molecule has 2 rings (SSSR count). The van der Waals surface area contributed by atoms with Gasteiger partial charge in [0.05, 0.1) is 18.4 Å². The lowest BCUT2D eigenvalue weighted by molar-refractivity contribution is 0.0942. The van der Waals surface area contributed by atoms with E-state index in [1.54, 1.807) is 17.9 Å². The molecule has 2 aromatic rings. The molecule has 2 heterocycles. The van der Waals surface area contributed by atoms with Crippen molar-refractivity contribution in [1.82, 2.24) is 24.9 Å². The molecule has 2 aromatic heterocycles. The molecule has 0 bridgehead atoms. The summed E-state index contributed by atoms with van der Waals surface area (Å²) in [5.41, 5.74) is 2.54. The van der Waals surface area contributed by atoms with Crippen LogP contribution in [-0.2, 0) is 19.0 Å². The summed E-state index contributed by atoms with van der Waals surface area (Å²) in [6, 6.07) is 1.85. The lowest BCUT2D eigenvalue weighted by Crippen LogP contribution is -2.29. The molecular formula is C15H23N5O. The predicted octanol–water partition coefficient (Wildman–Crippen LogP) is 1.65. The molecule has 114 valence electrons. The van der Waals surface area contributed by atoms with Crippen LogP contribution >= 0.6 is 0 Å². The van der Waals surface area contributed by atoms with Crippen molar-refractivity contribution in [2.45, 2.75) is 39.7 Å². The molecule has 6 heteroatoms. The van der Waals surface area contributed by atoms with Gasteiger partial charge in [-0.1, -0.05) is 20.8 Å². The summed E-state index contributed by atoms with van der Waals surface area (Å²) in [5, 5.41) is 11.5. The maximum absolute atomic E-state index is 12.2. The second-order valence-corrected chi connectivity index (χ2v) is 6.33. The number of aromatic nitrogens is 4. The van der Waals surface area contributed by atoms with E-state index in [1.165, 1.54) is 0 Å². The lowest BCUT2D eigenvalue weighted by Gasteiger charge is -2.13. The van der Waals surface area contributed by atoms with Crippen molar-refractivity contribution in [2.75, 3.05) is 6.54 Å². The third-order valence-electron chi connectivity index (χ3n) is 3.27. The highest BCUT2D eigenvalue weighted by Gasteiger charge is 2.21. The van der Waals surface area contributed by atoms with Crippen LogP contribution in [-0.4, -0.2) is 32.0 Å². The van der Waals surface area contributed by atoms with Crippen molar-refractivity contribution in [3.8, 4) is 0 Å². The van der Waals surface area contributed by atoms with Gasteiger partial charge in [0.2, 0.25) is 0 Å². The molecule has 1 N–H and O–H groups in total. The molecule has 0 aliphatic heterocycles. The van der Waals surface area contributed by atoms with Gasteiger partial charge >= 0.3 is 0 Å². The van der Waals surface area contributed by atoms with Gasteiger partial charge in [-0.3, -0.25) is 14.2 Å².